The van der Waals surface area contributed by atoms with Gasteiger partial charge in [-0.25, -0.2) is 4.79 Å². The number of nitrogens with one attached hydrogen (secondary N) is 1. The average molecular weight is 1200 g/mol. The molecule has 4 atom stereocenters. The summed E-state index contributed by atoms with van der Waals surface area (Å²) in [7, 11) is 27.2. The van der Waals surface area contributed by atoms with Crippen molar-refractivity contribution in [3.63, 3.8) is 0 Å². The Morgan fingerprint density at radius 1 is 0.613 bits per heavy atom. The predicted molar refractivity (Wildman–Crippen MR) is 331 cm³/mol. The van der Waals surface area contributed by atoms with Gasteiger partial charge in [0, 0.05) is 45.8 Å². The van der Waals surface area contributed by atoms with E-state index >= 15 is 0 Å². The number of hydrogen-bond acceptors (Lipinski definition) is 22. The average Bonchev–Trinajstić information content (AvgIpc) is 3.27. The standard InChI is InChI=1S/C39H63NO3S19/c1-38(54-57-45,32-19-18-20-33(27-32)39(2,31-51-60-58-46)55-61-62-59-47)30-50-53-35(23-14-7-3-5-9-16-25-41)28-48-52-36(29-49-56-44)24-15-8-4-6-10-17-26-43-37(42)40-34-21-12-11-13-22-34/h11-13,18-22,27,35-36,41,44-47H,3-10,14-17,23-26,28-31H2,1-2H3,(H,40,42). The molecule has 0 aliphatic carbocycles. The van der Waals surface area contributed by atoms with Gasteiger partial charge in [-0.1, -0.05) is 240 Å². The maximum absolute atomic E-state index is 12.0. The van der Waals surface area contributed by atoms with Crippen LogP contribution in [0.2, 0.25) is 0 Å². The highest BCUT2D eigenvalue weighted by molar-refractivity contribution is 9.34. The first-order valence-electron chi connectivity index (χ1n) is 20.3. The summed E-state index contributed by atoms with van der Waals surface area (Å²) in [6, 6.07) is 18.7. The fraction of sp³-hybridized carbons (Fsp3) is 0.667. The molecule has 2 aromatic carbocycles. The van der Waals surface area contributed by atoms with Crippen molar-refractivity contribution in [3.05, 3.63) is 65.7 Å². The number of carbonyl (C=O) groups is 1. The molecular weight excluding hydrogens is 1140 g/mol. The molecule has 0 fully saturated rings. The topological polar surface area (TPSA) is 58.6 Å². The lowest BCUT2D eigenvalue weighted by atomic mass is 9.94. The van der Waals surface area contributed by atoms with E-state index in [0.29, 0.717) is 23.7 Å². The van der Waals surface area contributed by atoms with Gasteiger partial charge in [0.25, 0.3) is 0 Å². The van der Waals surface area contributed by atoms with Crippen molar-refractivity contribution >= 4 is 214 Å². The Bertz CT molecular complexity index is 1370. The second-order valence-electron chi connectivity index (χ2n) is 14.4. The van der Waals surface area contributed by atoms with E-state index in [2.05, 4.69) is 122 Å². The lowest BCUT2D eigenvalue weighted by Gasteiger charge is -2.32. The molecule has 4 unspecified atom stereocenters. The van der Waals surface area contributed by atoms with Crippen molar-refractivity contribution in [3.8, 4) is 0 Å². The van der Waals surface area contributed by atoms with E-state index in [-0.39, 0.29) is 15.6 Å². The van der Waals surface area contributed by atoms with E-state index in [9.17, 15) is 9.90 Å². The van der Waals surface area contributed by atoms with Gasteiger partial charge in [-0.15, -0.1) is 0 Å². The van der Waals surface area contributed by atoms with Crippen LogP contribution in [0.15, 0.2) is 54.6 Å². The number of hydrogen-bond donors (Lipinski definition) is 6. The van der Waals surface area contributed by atoms with Gasteiger partial charge in [0.2, 0.25) is 0 Å². The van der Waals surface area contributed by atoms with E-state index in [1.165, 1.54) is 95.0 Å². The molecule has 23 heteroatoms. The highest BCUT2D eigenvalue weighted by Crippen LogP contribution is 2.57. The van der Waals surface area contributed by atoms with Crippen LogP contribution >= 0.6 is 202 Å². The van der Waals surface area contributed by atoms with E-state index in [1.54, 1.807) is 49.1 Å². The van der Waals surface area contributed by atoms with Crippen molar-refractivity contribution in [1.82, 2.24) is 0 Å². The molecule has 2 rings (SSSR count). The van der Waals surface area contributed by atoms with Gasteiger partial charge >= 0.3 is 6.09 Å². The normalized spacial score (nSPS) is 14.6. The number of carbonyl (C=O) groups excluding carboxylic acids is 1. The van der Waals surface area contributed by atoms with Gasteiger partial charge in [0.15, 0.2) is 0 Å². The number of aliphatic hydroxyl groups excluding tert-OH is 1. The van der Waals surface area contributed by atoms with Crippen molar-refractivity contribution < 1.29 is 14.6 Å². The van der Waals surface area contributed by atoms with Crippen LogP contribution in [0.4, 0.5) is 10.5 Å². The van der Waals surface area contributed by atoms with Gasteiger partial charge in [-0.2, -0.15) is 0 Å². The van der Waals surface area contributed by atoms with Gasteiger partial charge in [-0.3, -0.25) is 5.32 Å². The minimum atomic E-state index is -0.382. The molecule has 0 spiro atoms. The molecular formula is C39H63NO3S19. The summed E-state index contributed by atoms with van der Waals surface area (Å²) >= 11 is 17.8. The molecule has 0 saturated heterocycles. The third-order valence-corrected chi connectivity index (χ3v) is 33.5. The fourth-order valence-corrected chi connectivity index (χ4v) is 29.8. The minimum absolute atomic E-state index is 0.0690. The zero-order valence-electron chi connectivity index (χ0n) is 35.2. The Hall–Kier alpha value is 4.32. The van der Waals surface area contributed by atoms with E-state index in [1.807, 2.05) is 84.3 Å². The molecule has 0 aliphatic rings. The first-order valence-corrected chi connectivity index (χ1v) is 42.3. The smallest absolute Gasteiger partial charge is 0.411 e. The molecule has 0 aliphatic heterocycles. The molecule has 2 N–H and O–H groups in total. The molecule has 0 saturated carbocycles. The SMILES string of the molecule is CC(CSSC(CCCCCCCCO)CSSC(CCCCCCCCOC(=O)Nc1ccccc1)CSSS)(SSS)c1cccc(C(C)(CSSSS)SSSSS)c1. The maximum Gasteiger partial charge on any atom is 0.411 e. The molecule has 2 aromatic rings. The van der Waals surface area contributed by atoms with Gasteiger partial charge < -0.3 is 9.84 Å². The second-order valence-corrected chi connectivity index (χ2v) is 38.5. The second kappa shape index (κ2) is 41.9. The zero-order chi connectivity index (χ0) is 45.0. The number of benzene rings is 2. The van der Waals surface area contributed by atoms with Crippen molar-refractivity contribution in [2.24, 2.45) is 0 Å². The summed E-state index contributed by atoms with van der Waals surface area (Å²) in [4.78, 5) is 12.0. The first-order chi connectivity index (χ1) is 30.2. The number of ether oxygens (including phenoxy) is 1. The van der Waals surface area contributed by atoms with Crippen LogP contribution in [0.25, 0.3) is 0 Å². The van der Waals surface area contributed by atoms with Crippen molar-refractivity contribution in [1.29, 1.82) is 0 Å². The number of anilines is 1. The highest BCUT2D eigenvalue weighted by Gasteiger charge is 2.33. The minimum Gasteiger partial charge on any atom is -0.449 e. The Morgan fingerprint density at radius 3 is 1.79 bits per heavy atom. The molecule has 0 heterocycles. The third-order valence-electron chi connectivity index (χ3n) is 9.41. The molecule has 1 amide bonds. The monoisotopic (exact) mass is 1200 g/mol. The molecule has 356 valence electrons. The van der Waals surface area contributed by atoms with Crippen LogP contribution in [0.3, 0.4) is 0 Å². The van der Waals surface area contributed by atoms with E-state index in [4.69, 9.17) is 4.74 Å². The predicted octanol–water partition coefficient (Wildman–Crippen LogP) is 20.2. The van der Waals surface area contributed by atoms with Gasteiger partial charge in [-0.05, 0) is 132 Å². The Morgan fingerprint density at radius 2 is 1.18 bits per heavy atom. The van der Waals surface area contributed by atoms with Gasteiger partial charge in [0.1, 0.15) is 0 Å². The summed E-state index contributed by atoms with van der Waals surface area (Å²) in [5, 5.41) is 13.2. The third kappa shape index (κ3) is 30.3. The fourth-order valence-electron chi connectivity index (χ4n) is 5.92. The summed E-state index contributed by atoms with van der Waals surface area (Å²) in [6.07, 6.45) is 16.0. The van der Waals surface area contributed by atoms with E-state index < -0.39 is 0 Å². The van der Waals surface area contributed by atoms with Crippen LogP contribution in [-0.2, 0) is 14.2 Å². The summed E-state index contributed by atoms with van der Waals surface area (Å²) in [5.74, 6) is 4.22. The van der Waals surface area contributed by atoms with Gasteiger partial charge in [0.05, 0.1) is 16.1 Å². The summed E-state index contributed by atoms with van der Waals surface area (Å²) in [5.41, 5.74) is 3.46. The number of amides is 1. The number of unbranched alkanes of at least 4 members (excludes halogenated alkanes) is 10. The van der Waals surface area contributed by atoms with Crippen LogP contribution in [0.1, 0.15) is 115 Å². The lowest BCUT2D eigenvalue weighted by molar-refractivity contribution is 0.159. The lowest BCUT2D eigenvalue weighted by Crippen LogP contribution is -2.23. The molecule has 0 radical (unpaired) electrons. The van der Waals surface area contributed by atoms with Crippen molar-refractivity contribution in [2.45, 2.75) is 124 Å². The van der Waals surface area contributed by atoms with Crippen molar-refractivity contribution in [2.75, 3.05) is 41.5 Å². The number of rotatable bonds is 41. The summed E-state index contributed by atoms with van der Waals surface area (Å²) in [6.45, 7) is 5.51. The quantitative estimate of drug-likeness (QED) is 0.0217. The maximum atomic E-state index is 12.0. The largest absolute Gasteiger partial charge is 0.449 e. The molecule has 62 heavy (non-hydrogen) atoms. The number of para-hydroxylation sites is 1. The molecule has 0 bridgehead atoms. The Balaban J connectivity index is 1.93. The summed E-state index contributed by atoms with van der Waals surface area (Å²) < 4.78 is 5.19. The first kappa shape index (κ1) is 62.4. The highest BCUT2D eigenvalue weighted by atomic mass is 33.8. The zero-order valence-corrected chi connectivity index (χ0v) is 51.0. The van der Waals surface area contributed by atoms with E-state index in [0.717, 1.165) is 54.4 Å². The van der Waals surface area contributed by atoms with Crippen LogP contribution < -0.4 is 5.32 Å². The Labute approximate surface area is 453 Å². The molecule has 0 aromatic heterocycles. The Kier molecular flexibility index (Phi) is 42.2. The molecule has 4 nitrogen and oxygen atoms in total. The number of thiol groups is 4. The van der Waals surface area contributed by atoms with Crippen LogP contribution in [0.5, 0.6) is 0 Å². The number of aliphatic hydroxyl groups is 1. The van der Waals surface area contributed by atoms with Crippen LogP contribution in [0, 0.1) is 0 Å². The van der Waals surface area contributed by atoms with Crippen LogP contribution in [-0.4, -0.2) is 57.9 Å².